The van der Waals surface area contributed by atoms with Crippen LogP contribution in [0.25, 0.3) is 0 Å². The predicted octanol–water partition coefficient (Wildman–Crippen LogP) is 0.621. The largest absolute Gasteiger partial charge is 0.381 e. The summed E-state index contributed by atoms with van der Waals surface area (Å²) in [6, 6.07) is 0.0129. The highest BCUT2D eigenvalue weighted by Gasteiger charge is 2.38. The highest BCUT2D eigenvalue weighted by atomic mass is 32.2. The molecule has 0 spiro atoms. The van der Waals surface area contributed by atoms with Crippen LogP contribution in [-0.2, 0) is 14.8 Å². The summed E-state index contributed by atoms with van der Waals surface area (Å²) >= 11 is 0. The van der Waals surface area contributed by atoms with Crippen molar-refractivity contribution >= 4 is 16.1 Å². The molecule has 2 saturated heterocycles. The summed E-state index contributed by atoms with van der Waals surface area (Å²) in [5.74, 6) is 0. The molecule has 0 bridgehead atoms. The molecule has 1 N–H and O–H groups in total. The van der Waals surface area contributed by atoms with E-state index in [-0.39, 0.29) is 18.1 Å². The molecule has 2 fully saturated rings. The molecule has 1 atom stereocenters. The minimum absolute atomic E-state index is 0.0466. The Balaban J connectivity index is 2.08. The van der Waals surface area contributed by atoms with Crippen molar-refractivity contribution in [3.8, 4) is 0 Å². The van der Waals surface area contributed by atoms with E-state index >= 15 is 0 Å². The summed E-state index contributed by atoms with van der Waals surface area (Å²) < 4.78 is 30.3. The van der Waals surface area contributed by atoms with Crippen LogP contribution in [0, 0.1) is 0 Å². The van der Waals surface area contributed by atoms with Gasteiger partial charge in [-0.05, 0) is 25.7 Å². The van der Waals surface area contributed by atoms with E-state index in [4.69, 9.17) is 4.74 Å². The standard InChI is InChI=1S/C14H27N3O4S/c1-3-7-15-14(18)17(12-5-9-21-10-6-12)13-4-8-16(11-13)22(2,19)20/h12-13H,3-11H2,1-2H3,(H,15,18). The Morgan fingerprint density at radius 1 is 1.27 bits per heavy atom. The Morgan fingerprint density at radius 2 is 1.95 bits per heavy atom. The maximum atomic E-state index is 12.6. The summed E-state index contributed by atoms with van der Waals surface area (Å²) in [6.45, 7) is 4.86. The zero-order chi connectivity index (χ0) is 16.2. The molecular formula is C14H27N3O4S. The van der Waals surface area contributed by atoms with Crippen LogP contribution in [0.4, 0.5) is 4.79 Å². The second-order valence-corrected chi connectivity index (χ2v) is 8.03. The van der Waals surface area contributed by atoms with Gasteiger partial charge in [-0.1, -0.05) is 6.92 Å². The Bertz CT molecular complexity index is 476. The summed E-state index contributed by atoms with van der Waals surface area (Å²) in [7, 11) is -3.19. The molecule has 2 rings (SSSR count). The lowest BCUT2D eigenvalue weighted by atomic mass is 10.0. The van der Waals surface area contributed by atoms with Crippen molar-refractivity contribution in [3.05, 3.63) is 0 Å². The number of carbonyl (C=O) groups is 1. The van der Waals surface area contributed by atoms with Crippen molar-refractivity contribution in [1.82, 2.24) is 14.5 Å². The van der Waals surface area contributed by atoms with Crippen LogP contribution in [0.15, 0.2) is 0 Å². The molecule has 7 nitrogen and oxygen atoms in total. The molecule has 0 aromatic rings. The van der Waals surface area contributed by atoms with Gasteiger partial charge in [-0.2, -0.15) is 0 Å². The minimum Gasteiger partial charge on any atom is -0.381 e. The lowest BCUT2D eigenvalue weighted by Gasteiger charge is -2.38. The van der Waals surface area contributed by atoms with Crippen LogP contribution in [-0.4, -0.2) is 74.8 Å². The van der Waals surface area contributed by atoms with Crippen LogP contribution in [0.3, 0.4) is 0 Å². The number of nitrogens with zero attached hydrogens (tertiary/aromatic N) is 2. The van der Waals surface area contributed by atoms with Gasteiger partial charge in [0.2, 0.25) is 10.0 Å². The first kappa shape index (κ1) is 17.5. The number of carbonyl (C=O) groups excluding carboxylic acids is 1. The van der Waals surface area contributed by atoms with E-state index in [0.717, 1.165) is 19.3 Å². The van der Waals surface area contributed by atoms with E-state index in [2.05, 4.69) is 5.32 Å². The lowest BCUT2D eigenvalue weighted by molar-refractivity contribution is 0.0349. The molecule has 22 heavy (non-hydrogen) atoms. The lowest BCUT2D eigenvalue weighted by Crippen LogP contribution is -2.54. The molecule has 0 aromatic heterocycles. The number of rotatable bonds is 5. The van der Waals surface area contributed by atoms with Crippen LogP contribution >= 0.6 is 0 Å². The van der Waals surface area contributed by atoms with E-state index in [9.17, 15) is 13.2 Å². The van der Waals surface area contributed by atoms with Crippen molar-refractivity contribution < 1.29 is 17.9 Å². The van der Waals surface area contributed by atoms with Gasteiger partial charge in [0.05, 0.1) is 6.26 Å². The predicted molar refractivity (Wildman–Crippen MR) is 84.2 cm³/mol. The normalized spacial score (nSPS) is 24.4. The molecular weight excluding hydrogens is 306 g/mol. The van der Waals surface area contributed by atoms with Crippen LogP contribution in [0.5, 0.6) is 0 Å². The van der Waals surface area contributed by atoms with Gasteiger partial charge in [-0.3, -0.25) is 0 Å². The van der Waals surface area contributed by atoms with E-state index in [0.29, 0.717) is 39.3 Å². The molecule has 0 aromatic carbocycles. The van der Waals surface area contributed by atoms with E-state index in [1.807, 2.05) is 11.8 Å². The number of amides is 2. The monoisotopic (exact) mass is 333 g/mol. The average Bonchev–Trinajstić information content (AvgIpc) is 2.96. The molecule has 2 amide bonds. The Kier molecular flexibility index (Phi) is 6.05. The Morgan fingerprint density at radius 3 is 2.50 bits per heavy atom. The van der Waals surface area contributed by atoms with Gasteiger partial charge in [-0.25, -0.2) is 17.5 Å². The summed E-state index contributed by atoms with van der Waals surface area (Å²) in [5.41, 5.74) is 0. The quantitative estimate of drug-likeness (QED) is 0.800. The molecule has 2 aliphatic rings. The number of hydrogen-bond acceptors (Lipinski definition) is 4. The fourth-order valence-electron chi connectivity index (χ4n) is 3.16. The molecule has 0 saturated carbocycles. The second kappa shape index (κ2) is 7.61. The molecule has 1 unspecified atom stereocenters. The highest BCUT2D eigenvalue weighted by Crippen LogP contribution is 2.24. The van der Waals surface area contributed by atoms with E-state index < -0.39 is 10.0 Å². The zero-order valence-corrected chi connectivity index (χ0v) is 14.3. The van der Waals surface area contributed by atoms with Crippen molar-refractivity contribution in [2.75, 3.05) is 39.1 Å². The molecule has 0 aliphatic carbocycles. The first-order valence-electron chi connectivity index (χ1n) is 8.02. The topological polar surface area (TPSA) is 79.0 Å². The van der Waals surface area contributed by atoms with Crippen LogP contribution in [0.1, 0.15) is 32.6 Å². The van der Waals surface area contributed by atoms with Gasteiger partial charge >= 0.3 is 6.03 Å². The molecule has 2 heterocycles. The number of hydrogen-bond donors (Lipinski definition) is 1. The molecule has 0 radical (unpaired) electrons. The number of urea groups is 1. The smallest absolute Gasteiger partial charge is 0.317 e. The third-order valence-corrected chi connectivity index (χ3v) is 5.60. The van der Waals surface area contributed by atoms with Gasteiger partial charge in [0.15, 0.2) is 0 Å². The zero-order valence-electron chi connectivity index (χ0n) is 13.5. The van der Waals surface area contributed by atoms with Crippen LogP contribution in [0.2, 0.25) is 0 Å². The Hall–Kier alpha value is -0.860. The first-order chi connectivity index (χ1) is 10.4. The number of sulfonamides is 1. The number of ether oxygens (including phenoxy) is 1. The van der Waals surface area contributed by atoms with E-state index in [1.165, 1.54) is 10.6 Å². The van der Waals surface area contributed by atoms with Crippen molar-refractivity contribution in [3.63, 3.8) is 0 Å². The minimum atomic E-state index is -3.19. The summed E-state index contributed by atoms with van der Waals surface area (Å²) in [4.78, 5) is 14.4. The fraction of sp³-hybridized carbons (Fsp3) is 0.929. The fourth-order valence-corrected chi connectivity index (χ4v) is 4.04. The molecule has 8 heteroatoms. The number of nitrogens with one attached hydrogen (secondary N) is 1. The third kappa shape index (κ3) is 4.33. The average molecular weight is 333 g/mol. The highest BCUT2D eigenvalue weighted by molar-refractivity contribution is 7.88. The summed E-state index contributed by atoms with van der Waals surface area (Å²) in [6.07, 6.45) is 4.44. The molecule has 128 valence electrons. The van der Waals surface area contributed by atoms with Gasteiger partial charge in [0.25, 0.3) is 0 Å². The van der Waals surface area contributed by atoms with Gasteiger partial charge in [0, 0.05) is 44.9 Å². The molecule has 2 aliphatic heterocycles. The SMILES string of the molecule is CCCNC(=O)N(C1CCOCC1)C1CCN(S(C)(=O)=O)C1. The van der Waals surface area contributed by atoms with Crippen LogP contribution < -0.4 is 5.32 Å². The second-order valence-electron chi connectivity index (χ2n) is 6.05. The van der Waals surface area contributed by atoms with Crippen molar-refractivity contribution in [2.24, 2.45) is 0 Å². The maximum Gasteiger partial charge on any atom is 0.317 e. The van der Waals surface area contributed by atoms with Gasteiger partial charge in [-0.15, -0.1) is 0 Å². The third-order valence-electron chi connectivity index (χ3n) is 4.33. The van der Waals surface area contributed by atoms with Crippen molar-refractivity contribution in [2.45, 2.75) is 44.7 Å². The first-order valence-corrected chi connectivity index (χ1v) is 9.87. The van der Waals surface area contributed by atoms with Gasteiger partial charge in [0.1, 0.15) is 0 Å². The maximum absolute atomic E-state index is 12.6. The van der Waals surface area contributed by atoms with E-state index in [1.54, 1.807) is 0 Å². The van der Waals surface area contributed by atoms with Crippen molar-refractivity contribution in [1.29, 1.82) is 0 Å². The van der Waals surface area contributed by atoms with Gasteiger partial charge < -0.3 is 15.0 Å². The Labute approximate surface area is 133 Å². The summed E-state index contributed by atoms with van der Waals surface area (Å²) in [5, 5.41) is 2.94.